The van der Waals surface area contributed by atoms with Crippen LogP contribution in [-0.2, 0) is 0 Å². The normalized spacial score (nSPS) is 18.4. The molecule has 2 aromatic carbocycles. The van der Waals surface area contributed by atoms with Gasteiger partial charge in [0, 0.05) is 41.1 Å². The third-order valence-electron chi connectivity index (χ3n) is 5.71. The van der Waals surface area contributed by atoms with Crippen molar-refractivity contribution in [3.63, 3.8) is 0 Å². The Morgan fingerprint density at radius 1 is 1.04 bits per heavy atom. The Bertz CT molecular complexity index is 845. The summed E-state index contributed by atoms with van der Waals surface area (Å²) >= 11 is 5.95. The second-order valence-electron chi connectivity index (χ2n) is 7.62. The average Bonchev–Trinajstić information content (AvgIpc) is 3.22. The Morgan fingerprint density at radius 2 is 1.79 bits per heavy atom. The highest BCUT2D eigenvalue weighted by Gasteiger charge is 2.26. The van der Waals surface area contributed by atoms with Crippen LogP contribution in [0.2, 0.25) is 5.02 Å². The fraction of sp³-hybridized carbons (Fsp3) is 0.409. The number of rotatable bonds is 4. The topological polar surface area (TPSA) is 35.6 Å². The van der Waals surface area contributed by atoms with Gasteiger partial charge in [-0.1, -0.05) is 17.7 Å². The molecule has 0 radical (unpaired) electrons. The first kappa shape index (κ1) is 19.2. The second kappa shape index (κ2) is 8.50. The molecular weight excluding hydrogens is 377 g/mol. The molecule has 0 spiro atoms. The highest BCUT2D eigenvalue weighted by atomic mass is 35.5. The van der Waals surface area contributed by atoms with Crippen molar-refractivity contribution < 1.29 is 9.18 Å². The van der Waals surface area contributed by atoms with Gasteiger partial charge in [0.2, 0.25) is 0 Å². The van der Waals surface area contributed by atoms with Gasteiger partial charge in [-0.05, 0) is 75.2 Å². The van der Waals surface area contributed by atoms with E-state index in [1.165, 1.54) is 32.0 Å². The summed E-state index contributed by atoms with van der Waals surface area (Å²) in [7, 11) is 0. The Labute approximate surface area is 170 Å². The van der Waals surface area contributed by atoms with Gasteiger partial charge >= 0.3 is 0 Å². The van der Waals surface area contributed by atoms with Gasteiger partial charge < -0.3 is 15.1 Å². The summed E-state index contributed by atoms with van der Waals surface area (Å²) in [6.45, 7) is 4.24. The largest absolute Gasteiger partial charge is 0.371 e. The third-order valence-corrected chi connectivity index (χ3v) is 5.95. The van der Waals surface area contributed by atoms with Gasteiger partial charge in [-0.3, -0.25) is 4.79 Å². The molecule has 2 heterocycles. The van der Waals surface area contributed by atoms with Crippen molar-refractivity contribution in [3.05, 3.63) is 58.9 Å². The minimum atomic E-state index is -0.347. The summed E-state index contributed by atoms with van der Waals surface area (Å²) in [6, 6.07) is 12.1. The summed E-state index contributed by atoms with van der Waals surface area (Å²) in [4.78, 5) is 17.3. The standard InChI is InChI=1S/C22H25ClFN3O/c23-17-5-3-4-16(12-17)22(28)25-19-13-18(24)14-21(15-19)27-10-6-20(7-11-27)26-8-1-2-9-26/h3-5,12-15,20H,1-2,6-11H2,(H,25,28). The lowest BCUT2D eigenvalue weighted by atomic mass is 10.0. The maximum Gasteiger partial charge on any atom is 0.255 e. The summed E-state index contributed by atoms with van der Waals surface area (Å²) in [5.41, 5.74) is 1.73. The molecule has 0 unspecified atom stereocenters. The number of nitrogens with zero attached hydrogens (tertiary/aromatic N) is 2. The van der Waals surface area contributed by atoms with Gasteiger partial charge in [-0.15, -0.1) is 0 Å². The quantitative estimate of drug-likeness (QED) is 0.799. The van der Waals surface area contributed by atoms with Crippen LogP contribution in [0.1, 0.15) is 36.0 Å². The second-order valence-corrected chi connectivity index (χ2v) is 8.06. The molecule has 1 amide bonds. The van der Waals surface area contributed by atoms with E-state index in [0.29, 0.717) is 22.3 Å². The molecule has 1 N–H and O–H groups in total. The molecule has 2 aliphatic rings. The predicted molar refractivity (Wildman–Crippen MR) is 112 cm³/mol. The minimum Gasteiger partial charge on any atom is -0.371 e. The van der Waals surface area contributed by atoms with Crippen LogP contribution < -0.4 is 10.2 Å². The lowest BCUT2D eigenvalue weighted by Gasteiger charge is -2.38. The number of carbonyl (C=O) groups excluding carboxylic acids is 1. The molecule has 2 aromatic rings. The highest BCUT2D eigenvalue weighted by molar-refractivity contribution is 6.31. The Kier molecular flexibility index (Phi) is 5.83. The van der Waals surface area contributed by atoms with E-state index < -0.39 is 0 Å². The van der Waals surface area contributed by atoms with Gasteiger partial charge in [0.05, 0.1) is 0 Å². The van der Waals surface area contributed by atoms with E-state index in [2.05, 4.69) is 15.1 Å². The van der Waals surface area contributed by atoms with Gasteiger partial charge in [0.1, 0.15) is 5.82 Å². The molecule has 28 heavy (non-hydrogen) atoms. The van der Waals surface area contributed by atoms with Crippen molar-refractivity contribution in [2.45, 2.75) is 31.7 Å². The number of hydrogen-bond donors (Lipinski definition) is 1. The number of halogens is 2. The molecule has 0 atom stereocenters. The third kappa shape index (κ3) is 4.47. The maximum atomic E-state index is 14.2. The monoisotopic (exact) mass is 401 g/mol. The van der Waals surface area contributed by atoms with Crippen molar-refractivity contribution in [2.24, 2.45) is 0 Å². The van der Waals surface area contributed by atoms with Crippen molar-refractivity contribution in [1.29, 1.82) is 0 Å². The minimum absolute atomic E-state index is 0.299. The first-order valence-electron chi connectivity index (χ1n) is 9.95. The van der Waals surface area contributed by atoms with Crippen LogP contribution in [0.5, 0.6) is 0 Å². The number of benzene rings is 2. The molecule has 6 heteroatoms. The molecule has 2 saturated heterocycles. The van der Waals surface area contributed by atoms with Gasteiger partial charge in [0.15, 0.2) is 0 Å². The van der Waals surface area contributed by atoms with Gasteiger partial charge in [-0.25, -0.2) is 4.39 Å². The van der Waals surface area contributed by atoms with Crippen LogP contribution in [0.15, 0.2) is 42.5 Å². The Morgan fingerprint density at radius 3 is 2.50 bits per heavy atom. The van der Waals surface area contributed by atoms with Gasteiger partial charge in [-0.2, -0.15) is 0 Å². The number of carbonyl (C=O) groups is 1. The van der Waals surface area contributed by atoms with E-state index in [1.807, 2.05) is 6.07 Å². The molecule has 0 saturated carbocycles. The van der Waals surface area contributed by atoms with E-state index in [4.69, 9.17) is 11.6 Å². The van der Waals surface area contributed by atoms with E-state index in [9.17, 15) is 9.18 Å². The lowest BCUT2D eigenvalue weighted by molar-refractivity contribution is 0.102. The Balaban J connectivity index is 1.43. The summed E-state index contributed by atoms with van der Waals surface area (Å²) in [6.07, 6.45) is 4.81. The number of hydrogen-bond acceptors (Lipinski definition) is 3. The van der Waals surface area contributed by atoms with E-state index >= 15 is 0 Å². The van der Waals surface area contributed by atoms with Crippen LogP contribution >= 0.6 is 11.6 Å². The first-order valence-corrected chi connectivity index (χ1v) is 10.3. The summed E-state index contributed by atoms with van der Waals surface area (Å²) < 4.78 is 14.2. The molecular formula is C22H25ClFN3O. The zero-order valence-electron chi connectivity index (χ0n) is 15.8. The average molecular weight is 402 g/mol. The molecule has 0 bridgehead atoms. The number of likely N-dealkylation sites (tertiary alicyclic amines) is 1. The number of piperidine rings is 1. The van der Waals surface area contributed by atoms with Gasteiger partial charge in [0.25, 0.3) is 5.91 Å². The van der Waals surface area contributed by atoms with Crippen molar-refractivity contribution in [2.75, 3.05) is 36.4 Å². The van der Waals surface area contributed by atoms with Crippen molar-refractivity contribution in [3.8, 4) is 0 Å². The van der Waals surface area contributed by atoms with E-state index in [-0.39, 0.29) is 11.7 Å². The molecule has 4 nitrogen and oxygen atoms in total. The van der Waals surface area contributed by atoms with Crippen LogP contribution in [0.4, 0.5) is 15.8 Å². The van der Waals surface area contributed by atoms with E-state index in [1.54, 1.807) is 30.3 Å². The van der Waals surface area contributed by atoms with E-state index in [0.717, 1.165) is 31.6 Å². The molecule has 2 fully saturated rings. The summed E-state index contributed by atoms with van der Waals surface area (Å²) in [5.74, 6) is -0.646. The number of anilines is 2. The zero-order chi connectivity index (χ0) is 19.5. The fourth-order valence-electron chi connectivity index (χ4n) is 4.26. The number of nitrogens with one attached hydrogen (secondary N) is 1. The number of amides is 1. The van der Waals surface area contributed by atoms with Crippen LogP contribution in [0, 0.1) is 5.82 Å². The molecule has 2 aliphatic heterocycles. The lowest BCUT2D eigenvalue weighted by Crippen LogP contribution is -2.43. The predicted octanol–water partition coefficient (Wildman–Crippen LogP) is 4.80. The molecule has 0 aromatic heterocycles. The van der Waals surface area contributed by atoms with Crippen LogP contribution in [-0.4, -0.2) is 43.0 Å². The first-order chi connectivity index (χ1) is 13.6. The SMILES string of the molecule is O=C(Nc1cc(F)cc(N2CCC(N3CCCC3)CC2)c1)c1cccc(Cl)c1. The maximum absolute atomic E-state index is 14.2. The molecule has 0 aliphatic carbocycles. The highest BCUT2D eigenvalue weighted by Crippen LogP contribution is 2.28. The molecule has 148 valence electrons. The summed E-state index contributed by atoms with van der Waals surface area (Å²) in [5, 5.41) is 3.28. The zero-order valence-corrected chi connectivity index (χ0v) is 16.6. The fourth-order valence-corrected chi connectivity index (χ4v) is 4.45. The van der Waals surface area contributed by atoms with Crippen molar-refractivity contribution in [1.82, 2.24) is 4.90 Å². The van der Waals surface area contributed by atoms with Crippen molar-refractivity contribution >= 4 is 28.9 Å². The smallest absolute Gasteiger partial charge is 0.255 e. The Hall–Kier alpha value is -2.11. The molecule has 4 rings (SSSR count). The van der Waals surface area contributed by atoms with Crippen LogP contribution in [0.25, 0.3) is 0 Å². The van der Waals surface area contributed by atoms with Crippen LogP contribution in [0.3, 0.4) is 0 Å².